The van der Waals surface area contributed by atoms with Gasteiger partial charge in [-0.1, -0.05) is 0 Å². The summed E-state index contributed by atoms with van der Waals surface area (Å²) in [5, 5.41) is 20.0. The minimum absolute atomic E-state index is 0.177. The van der Waals surface area contributed by atoms with Gasteiger partial charge in [-0.25, -0.2) is 4.79 Å². The molecule has 1 fully saturated rings. The Bertz CT molecular complexity index is 339. The van der Waals surface area contributed by atoms with Crippen LogP contribution < -0.4 is 5.32 Å². The first-order valence-corrected chi connectivity index (χ1v) is 5.26. The summed E-state index contributed by atoms with van der Waals surface area (Å²) in [4.78, 5) is 23.6. The molecule has 1 rings (SSSR count). The van der Waals surface area contributed by atoms with E-state index in [2.05, 4.69) is 5.32 Å². The summed E-state index contributed by atoms with van der Waals surface area (Å²) >= 11 is 0. The van der Waals surface area contributed by atoms with Crippen molar-refractivity contribution in [2.45, 2.75) is 19.1 Å². The van der Waals surface area contributed by atoms with Gasteiger partial charge in [0.25, 0.3) is 0 Å². The van der Waals surface area contributed by atoms with E-state index in [0.717, 1.165) is 0 Å². The van der Waals surface area contributed by atoms with Crippen LogP contribution in [0.25, 0.3) is 0 Å². The largest absolute Gasteiger partial charge is 0.480 e. The molecular weight excluding hydrogens is 226 g/mol. The lowest BCUT2D eigenvalue weighted by molar-refractivity contribution is -0.142. The number of hydrogen-bond acceptors (Lipinski definition) is 5. The number of nitriles is 1. The van der Waals surface area contributed by atoms with Gasteiger partial charge in [-0.3, -0.25) is 9.69 Å². The van der Waals surface area contributed by atoms with Crippen LogP contribution in [0.5, 0.6) is 0 Å². The van der Waals surface area contributed by atoms with Crippen molar-refractivity contribution in [2.24, 2.45) is 0 Å². The van der Waals surface area contributed by atoms with Crippen LogP contribution in [0.15, 0.2) is 0 Å². The number of aliphatic carboxylic acids is 1. The monoisotopic (exact) mass is 241 g/mol. The molecule has 2 N–H and O–H groups in total. The zero-order chi connectivity index (χ0) is 12.8. The molecule has 7 heteroatoms. The van der Waals surface area contributed by atoms with Gasteiger partial charge in [0.15, 0.2) is 6.10 Å². The van der Waals surface area contributed by atoms with Crippen LogP contribution in [0.2, 0.25) is 0 Å². The first-order chi connectivity index (χ1) is 8.02. The Labute approximate surface area is 99.0 Å². The maximum absolute atomic E-state index is 10.9. The smallest absolute Gasteiger partial charge is 0.327 e. The molecule has 17 heavy (non-hydrogen) atoms. The Hall–Kier alpha value is -1.65. The molecule has 0 aromatic carbocycles. The van der Waals surface area contributed by atoms with Gasteiger partial charge in [-0.05, 0) is 0 Å². The first-order valence-electron chi connectivity index (χ1n) is 5.26. The van der Waals surface area contributed by atoms with E-state index in [1.54, 1.807) is 4.90 Å². The number of nitrogens with one attached hydrogen (secondary N) is 1. The Balaban J connectivity index is 2.52. The van der Waals surface area contributed by atoms with E-state index in [0.29, 0.717) is 19.7 Å². The van der Waals surface area contributed by atoms with Gasteiger partial charge in [0.2, 0.25) is 5.91 Å². The highest BCUT2D eigenvalue weighted by molar-refractivity contribution is 5.82. The molecule has 1 heterocycles. The number of ether oxygens (including phenoxy) is 1. The molecule has 0 spiro atoms. The second-order valence-corrected chi connectivity index (χ2v) is 3.84. The van der Waals surface area contributed by atoms with Crippen LogP contribution in [0, 0.1) is 11.3 Å². The van der Waals surface area contributed by atoms with Crippen LogP contribution in [0.1, 0.15) is 6.92 Å². The molecular formula is C10H15N3O4. The van der Waals surface area contributed by atoms with E-state index in [4.69, 9.17) is 15.1 Å². The van der Waals surface area contributed by atoms with Gasteiger partial charge in [0, 0.05) is 26.6 Å². The van der Waals surface area contributed by atoms with Gasteiger partial charge in [0.1, 0.15) is 6.04 Å². The van der Waals surface area contributed by atoms with Crippen molar-refractivity contribution in [3.05, 3.63) is 0 Å². The third-order valence-electron chi connectivity index (χ3n) is 2.41. The maximum Gasteiger partial charge on any atom is 0.327 e. The van der Waals surface area contributed by atoms with E-state index >= 15 is 0 Å². The quantitative estimate of drug-likeness (QED) is 0.641. The molecule has 0 aromatic rings. The number of carboxylic acid groups (broad SMARTS) is 1. The molecule has 94 valence electrons. The summed E-state index contributed by atoms with van der Waals surface area (Å²) < 4.78 is 5.14. The van der Waals surface area contributed by atoms with Gasteiger partial charge in [-0.15, -0.1) is 0 Å². The predicted octanol–water partition coefficient (Wildman–Crippen LogP) is -1.20. The van der Waals surface area contributed by atoms with Crippen LogP contribution in [0.3, 0.4) is 0 Å². The lowest BCUT2D eigenvalue weighted by atomic mass is 10.2. The third kappa shape index (κ3) is 4.38. The van der Waals surface area contributed by atoms with E-state index in [9.17, 15) is 9.59 Å². The van der Waals surface area contributed by atoms with Crippen LogP contribution in [0.4, 0.5) is 0 Å². The zero-order valence-corrected chi connectivity index (χ0v) is 9.55. The Morgan fingerprint density at radius 1 is 1.71 bits per heavy atom. The average Bonchev–Trinajstić information content (AvgIpc) is 2.27. The number of amides is 1. The van der Waals surface area contributed by atoms with Crippen LogP contribution in [-0.4, -0.2) is 60.3 Å². The van der Waals surface area contributed by atoms with E-state index in [1.165, 1.54) is 6.92 Å². The lowest BCUT2D eigenvalue weighted by Gasteiger charge is -2.31. The summed E-state index contributed by atoms with van der Waals surface area (Å²) in [6, 6.07) is 1.02. The molecule has 0 saturated carbocycles. The Morgan fingerprint density at radius 3 is 2.94 bits per heavy atom. The highest BCUT2D eigenvalue weighted by Gasteiger charge is 2.26. The zero-order valence-electron chi connectivity index (χ0n) is 9.55. The summed E-state index contributed by atoms with van der Waals surface area (Å²) in [6.07, 6.45) is -0.532. The molecule has 7 nitrogen and oxygen atoms in total. The summed E-state index contributed by atoms with van der Waals surface area (Å²) in [5.74, 6) is -1.47. The second kappa shape index (κ2) is 6.18. The van der Waals surface area contributed by atoms with Crippen molar-refractivity contribution < 1.29 is 19.4 Å². The molecule has 1 amide bonds. The number of carbonyl (C=O) groups excluding carboxylic acids is 1. The summed E-state index contributed by atoms with van der Waals surface area (Å²) in [7, 11) is 0. The fourth-order valence-electron chi connectivity index (χ4n) is 1.64. The number of carbonyl (C=O) groups is 2. The molecule has 1 saturated heterocycles. The number of rotatable bonds is 4. The first kappa shape index (κ1) is 13.4. The molecule has 2 unspecified atom stereocenters. The predicted molar refractivity (Wildman–Crippen MR) is 57.0 cm³/mol. The van der Waals surface area contributed by atoms with Crippen molar-refractivity contribution in [1.82, 2.24) is 10.2 Å². The van der Waals surface area contributed by atoms with Crippen LogP contribution in [-0.2, 0) is 14.3 Å². The fraction of sp³-hybridized carbons (Fsp3) is 0.700. The van der Waals surface area contributed by atoms with E-state index < -0.39 is 18.1 Å². The summed E-state index contributed by atoms with van der Waals surface area (Å²) in [5.41, 5.74) is 0. The van der Waals surface area contributed by atoms with Crippen LogP contribution >= 0.6 is 0 Å². The van der Waals surface area contributed by atoms with Gasteiger partial charge >= 0.3 is 5.97 Å². The maximum atomic E-state index is 10.9. The molecule has 0 aromatic heterocycles. The fourth-order valence-corrected chi connectivity index (χ4v) is 1.64. The number of hydrogen-bond donors (Lipinski definition) is 2. The molecule has 0 aliphatic carbocycles. The van der Waals surface area contributed by atoms with Gasteiger partial charge in [0.05, 0.1) is 12.7 Å². The molecule has 0 radical (unpaired) electrons. The third-order valence-corrected chi connectivity index (χ3v) is 2.41. The van der Waals surface area contributed by atoms with E-state index in [-0.39, 0.29) is 12.5 Å². The van der Waals surface area contributed by atoms with Crippen molar-refractivity contribution in [2.75, 3.05) is 26.2 Å². The normalized spacial score (nSPS) is 22.5. The van der Waals surface area contributed by atoms with Crippen molar-refractivity contribution in [1.29, 1.82) is 5.26 Å². The topological polar surface area (TPSA) is 103 Å². The minimum atomic E-state index is -1.08. The van der Waals surface area contributed by atoms with Crippen molar-refractivity contribution >= 4 is 11.9 Å². The standard InChI is InChI=1S/C10H15N3O4/c1-7(14)12-9(10(15)16)6-13-2-3-17-8(4-11)5-13/h8-9H,2-3,5-6H2,1H3,(H,12,14)(H,15,16). The Morgan fingerprint density at radius 2 is 2.41 bits per heavy atom. The van der Waals surface area contributed by atoms with Crippen molar-refractivity contribution in [3.8, 4) is 6.07 Å². The lowest BCUT2D eigenvalue weighted by Crippen LogP contribution is -2.52. The van der Waals surface area contributed by atoms with E-state index in [1.807, 2.05) is 6.07 Å². The highest BCUT2D eigenvalue weighted by Crippen LogP contribution is 2.05. The summed E-state index contributed by atoms with van der Waals surface area (Å²) in [6.45, 7) is 2.76. The molecule has 1 aliphatic rings. The Kier molecular flexibility index (Phi) is 4.87. The minimum Gasteiger partial charge on any atom is -0.480 e. The number of morpholine rings is 1. The number of nitrogens with zero attached hydrogens (tertiary/aromatic N) is 2. The highest BCUT2D eigenvalue weighted by atomic mass is 16.5. The van der Waals surface area contributed by atoms with Gasteiger partial charge < -0.3 is 15.2 Å². The molecule has 2 atom stereocenters. The second-order valence-electron chi connectivity index (χ2n) is 3.84. The molecule has 1 aliphatic heterocycles. The van der Waals surface area contributed by atoms with Gasteiger partial charge in [-0.2, -0.15) is 5.26 Å². The van der Waals surface area contributed by atoms with Crippen molar-refractivity contribution in [3.63, 3.8) is 0 Å². The average molecular weight is 241 g/mol. The SMILES string of the molecule is CC(=O)NC(CN1CCOC(C#N)C1)C(=O)O. The number of carboxylic acids is 1. The molecule has 0 bridgehead atoms.